The van der Waals surface area contributed by atoms with Crippen molar-refractivity contribution in [3.05, 3.63) is 59.7 Å². The third kappa shape index (κ3) is 4.84. The summed E-state index contributed by atoms with van der Waals surface area (Å²) in [5.41, 5.74) is 1.91. The Bertz CT molecular complexity index is 1040. The molecule has 7 heteroatoms. The number of hydrogen-bond donors (Lipinski definition) is 1. The molecular weight excluding hydrogens is 386 g/mol. The van der Waals surface area contributed by atoms with Crippen LogP contribution in [0, 0.1) is 11.3 Å². The minimum atomic E-state index is -3.83. The van der Waals surface area contributed by atoms with Crippen LogP contribution in [0.3, 0.4) is 0 Å². The lowest BCUT2D eigenvalue weighted by atomic mass is 9.86. The van der Waals surface area contributed by atoms with Gasteiger partial charge in [-0.25, -0.2) is 8.42 Å². The number of anilines is 1. The van der Waals surface area contributed by atoms with Crippen LogP contribution in [-0.2, 0) is 20.2 Å². The van der Waals surface area contributed by atoms with E-state index in [2.05, 4.69) is 26.1 Å². The molecule has 6 nitrogen and oxygen atoms in total. The number of carbonyl (C=O) groups is 1. The van der Waals surface area contributed by atoms with Crippen molar-refractivity contribution < 1.29 is 13.2 Å². The second-order valence-corrected chi connectivity index (χ2v) is 10.2. The maximum Gasteiger partial charge on any atom is 0.243 e. The maximum atomic E-state index is 13.1. The Morgan fingerprint density at radius 3 is 2.31 bits per heavy atom. The Labute approximate surface area is 172 Å². The molecule has 0 aromatic heterocycles. The van der Waals surface area contributed by atoms with Crippen LogP contribution >= 0.6 is 0 Å². The predicted molar refractivity (Wildman–Crippen MR) is 112 cm³/mol. The van der Waals surface area contributed by atoms with Gasteiger partial charge in [0.05, 0.1) is 23.1 Å². The normalized spacial score (nSPS) is 14.4. The van der Waals surface area contributed by atoms with E-state index in [-0.39, 0.29) is 28.8 Å². The summed E-state index contributed by atoms with van der Waals surface area (Å²) in [7, 11) is -3.83. The number of rotatable bonds is 6. The monoisotopic (exact) mass is 411 g/mol. The topological polar surface area (TPSA) is 90.3 Å². The molecule has 29 heavy (non-hydrogen) atoms. The number of nitrogens with zero attached hydrogens (tertiary/aromatic N) is 2. The zero-order chi connectivity index (χ0) is 21.2. The van der Waals surface area contributed by atoms with E-state index in [0.29, 0.717) is 11.3 Å². The Morgan fingerprint density at radius 2 is 1.76 bits per heavy atom. The summed E-state index contributed by atoms with van der Waals surface area (Å²) in [4.78, 5) is 12.8. The van der Waals surface area contributed by atoms with E-state index >= 15 is 0 Å². The molecule has 1 aliphatic carbocycles. The number of nitriles is 1. The lowest BCUT2D eigenvalue weighted by Gasteiger charge is -2.25. The standard InChI is InChI=1S/C22H25N3O3S/c1-22(2,3)19-6-4-5-7-20(19)24-21(26)15-25(17-10-11-17)29(27,28)18-12-8-16(14-23)9-13-18/h4-9,12-13,17H,10-11,15H2,1-3H3,(H,24,26). The van der Waals surface area contributed by atoms with Crippen LogP contribution in [0.4, 0.5) is 5.69 Å². The molecule has 0 bridgehead atoms. The SMILES string of the molecule is CC(C)(C)c1ccccc1NC(=O)CN(C1CC1)S(=O)(=O)c1ccc(C#N)cc1. The second kappa shape index (κ2) is 7.97. The van der Waals surface area contributed by atoms with Crippen LogP contribution in [0.25, 0.3) is 0 Å². The first-order valence-electron chi connectivity index (χ1n) is 9.54. The fourth-order valence-corrected chi connectivity index (χ4v) is 4.83. The molecule has 1 amide bonds. The first-order chi connectivity index (χ1) is 13.6. The van der Waals surface area contributed by atoms with Gasteiger partial charge in [0.2, 0.25) is 15.9 Å². The number of nitrogens with one attached hydrogen (secondary N) is 1. The summed E-state index contributed by atoms with van der Waals surface area (Å²) in [6, 6.07) is 15.1. The molecule has 0 saturated heterocycles. The number of carbonyl (C=O) groups excluding carboxylic acids is 1. The van der Waals surface area contributed by atoms with Crippen LogP contribution in [0.5, 0.6) is 0 Å². The number of para-hydroxylation sites is 1. The summed E-state index contributed by atoms with van der Waals surface area (Å²) in [6.45, 7) is 5.93. The van der Waals surface area contributed by atoms with Crippen LogP contribution < -0.4 is 5.32 Å². The highest BCUT2D eigenvalue weighted by Crippen LogP contribution is 2.33. The van der Waals surface area contributed by atoms with Gasteiger partial charge in [-0.3, -0.25) is 4.79 Å². The maximum absolute atomic E-state index is 13.1. The third-order valence-corrected chi connectivity index (χ3v) is 6.77. The van der Waals surface area contributed by atoms with Gasteiger partial charge < -0.3 is 5.32 Å². The van der Waals surface area contributed by atoms with Crippen molar-refractivity contribution in [1.82, 2.24) is 4.31 Å². The smallest absolute Gasteiger partial charge is 0.243 e. The van der Waals surface area contributed by atoms with Gasteiger partial charge in [-0.15, -0.1) is 0 Å². The summed E-state index contributed by atoms with van der Waals surface area (Å²) < 4.78 is 27.4. The minimum absolute atomic E-state index is 0.0892. The molecule has 1 fully saturated rings. The highest BCUT2D eigenvalue weighted by Gasteiger charge is 2.39. The Balaban J connectivity index is 1.81. The molecule has 152 valence electrons. The molecule has 0 radical (unpaired) electrons. The molecule has 0 spiro atoms. The van der Waals surface area contributed by atoms with Crippen molar-refractivity contribution in [2.45, 2.75) is 50.0 Å². The van der Waals surface area contributed by atoms with E-state index in [4.69, 9.17) is 5.26 Å². The molecule has 0 aliphatic heterocycles. The average Bonchev–Trinajstić information content (AvgIpc) is 3.50. The molecule has 3 rings (SSSR count). The van der Waals surface area contributed by atoms with Crippen molar-refractivity contribution in [2.24, 2.45) is 0 Å². The van der Waals surface area contributed by atoms with Crippen LogP contribution in [0.2, 0.25) is 0 Å². The molecule has 2 aromatic carbocycles. The Hall–Kier alpha value is -2.69. The van der Waals surface area contributed by atoms with Gasteiger partial charge in [-0.2, -0.15) is 9.57 Å². The highest BCUT2D eigenvalue weighted by atomic mass is 32.2. The molecular formula is C22H25N3O3S. The van der Waals surface area contributed by atoms with Crippen molar-refractivity contribution in [3.63, 3.8) is 0 Å². The first-order valence-corrected chi connectivity index (χ1v) is 11.0. The first kappa shape index (κ1) is 21.0. The number of sulfonamides is 1. The lowest BCUT2D eigenvalue weighted by Crippen LogP contribution is -2.39. The van der Waals surface area contributed by atoms with Crippen LogP contribution in [-0.4, -0.2) is 31.2 Å². The van der Waals surface area contributed by atoms with E-state index in [9.17, 15) is 13.2 Å². The largest absolute Gasteiger partial charge is 0.325 e. The van der Waals surface area contributed by atoms with Crippen LogP contribution in [0.1, 0.15) is 44.7 Å². The van der Waals surface area contributed by atoms with E-state index < -0.39 is 10.0 Å². The van der Waals surface area contributed by atoms with E-state index in [1.807, 2.05) is 30.3 Å². The average molecular weight is 412 g/mol. The molecule has 0 atom stereocenters. The third-order valence-electron chi connectivity index (χ3n) is 4.85. The van der Waals surface area contributed by atoms with Gasteiger partial charge in [-0.1, -0.05) is 39.0 Å². The zero-order valence-electron chi connectivity index (χ0n) is 16.8. The van der Waals surface area contributed by atoms with Crippen LogP contribution in [0.15, 0.2) is 53.4 Å². The molecule has 1 saturated carbocycles. The van der Waals surface area contributed by atoms with Crippen molar-refractivity contribution in [2.75, 3.05) is 11.9 Å². The number of amides is 1. The quantitative estimate of drug-likeness (QED) is 0.786. The fourth-order valence-electron chi connectivity index (χ4n) is 3.19. The Kier molecular flexibility index (Phi) is 5.78. The predicted octanol–water partition coefficient (Wildman–Crippen LogP) is 3.65. The minimum Gasteiger partial charge on any atom is -0.325 e. The van der Waals surface area contributed by atoms with Gasteiger partial charge in [-0.05, 0) is 54.2 Å². The number of hydrogen-bond acceptors (Lipinski definition) is 4. The molecule has 2 aromatic rings. The Morgan fingerprint density at radius 1 is 1.14 bits per heavy atom. The van der Waals surface area contributed by atoms with Gasteiger partial charge in [0, 0.05) is 11.7 Å². The number of benzene rings is 2. The van der Waals surface area contributed by atoms with E-state index in [1.165, 1.54) is 28.6 Å². The highest BCUT2D eigenvalue weighted by molar-refractivity contribution is 7.89. The summed E-state index contributed by atoms with van der Waals surface area (Å²) >= 11 is 0. The van der Waals surface area contributed by atoms with Gasteiger partial charge >= 0.3 is 0 Å². The fraction of sp³-hybridized carbons (Fsp3) is 0.364. The molecule has 0 unspecified atom stereocenters. The second-order valence-electron chi connectivity index (χ2n) is 8.26. The molecule has 0 heterocycles. The van der Waals surface area contributed by atoms with E-state index in [0.717, 1.165) is 18.4 Å². The summed E-state index contributed by atoms with van der Waals surface area (Å²) in [6.07, 6.45) is 1.47. The molecule has 1 aliphatic rings. The van der Waals surface area contributed by atoms with Crippen molar-refractivity contribution in [3.8, 4) is 6.07 Å². The van der Waals surface area contributed by atoms with Gasteiger partial charge in [0.25, 0.3) is 0 Å². The molecule has 1 N–H and O–H groups in total. The van der Waals surface area contributed by atoms with E-state index in [1.54, 1.807) is 0 Å². The summed E-state index contributed by atoms with van der Waals surface area (Å²) in [5.74, 6) is -0.370. The van der Waals surface area contributed by atoms with Crippen molar-refractivity contribution in [1.29, 1.82) is 5.26 Å². The lowest BCUT2D eigenvalue weighted by molar-refractivity contribution is -0.116. The van der Waals surface area contributed by atoms with Gasteiger partial charge in [0.1, 0.15) is 0 Å². The zero-order valence-corrected chi connectivity index (χ0v) is 17.7. The van der Waals surface area contributed by atoms with Gasteiger partial charge in [0.15, 0.2) is 0 Å². The summed E-state index contributed by atoms with van der Waals surface area (Å²) in [5, 5.41) is 11.8. The van der Waals surface area contributed by atoms with Crippen molar-refractivity contribution >= 4 is 21.6 Å².